The fourth-order valence-electron chi connectivity index (χ4n) is 1.81. The molecule has 0 aromatic heterocycles. The van der Waals surface area contributed by atoms with Crippen LogP contribution in [0.1, 0.15) is 12.5 Å². The SMILES string of the molecule is CC(=O)Nc1cc(NCc2c(F)cccc2F)ccc1F. The van der Waals surface area contributed by atoms with Crippen molar-refractivity contribution < 1.29 is 18.0 Å². The molecule has 0 heterocycles. The summed E-state index contributed by atoms with van der Waals surface area (Å²) >= 11 is 0. The highest BCUT2D eigenvalue weighted by Gasteiger charge is 2.09. The molecule has 2 rings (SSSR count). The number of hydrogen-bond donors (Lipinski definition) is 2. The molecule has 1 amide bonds. The molecular weight excluding hydrogens is 281 g/mol. The van der Waals surface area contributed by atoms with Gasteiger partial charge in [0.05, 0.1) is 5.69 Å². The highest BCUT2D eigenvalue weighted by Crippen LogP contribution is 2.21. The van der Waals surface area contributed by atoms with E-state index in [0.717, 1.165) is 18.2 Å². The zero-order chi connectivity index (χ0) is 15.4. The van der Waals surface area contributed by atoms with E-state index >= 15 is 0 Å². The minimum atomic E-state index is -0.660. The van der Waals surface area contributed by atoms with E-state index in [1.165, 1.54) is 25.1 Å². The normalized spacial score (nSPS) is 10.3. The maximum absolute atomic E-state index is 13.5. The first-order valence-corrected chi connectivity index (χ1v) is 6.21. The molecule has 0 fully saturated rings. The molecule has 6 heteroatoms. The maximum atomic E-state index is 13.5. The number of rotatable bonds is 4. The van der Waals surface area contributed by atoms with Crippen molar-refractivity contribution in [2.24, 2.45) is 0 Å². The van der Waals surface area contributed by atoms with Crippen molar-refractivity contribution in [2.45, 2.75) is 13.5 Å². The highest BCUT2D eigenvalue weighted by molar-refractivity contribution is 5.89. The largest absolute Gasteiger partial charge is 0.381 e. The van der Waals surface area contributed by atoms with Gasteiger partial charge in [0.15, 0.2) is 0 Å². The smallest absolute Gasteiger partial charge is 0.221 e. The van der Waals surface area contributed by atoms with Crippen molar-refractivity contribution in [3.63, 3.8) is 0 Å². The zero-order valence-electron chi connectivity index (χ0n) is 11.2. The van der Waals surface area contributed by atoms with Crippen molar-refractivity contribution in [1.29, 1.82) is 0 Å². The molecule has 21 heavy (non-hydrogen) atoms. The average Bonchev–Trinajstić information content (AvgIpc) is 2.41. The summed E-state index contributed by atoms with van der Waals surface area (Å²) in [4.78, 5) is 10.9. The quantitative estimate of drug-likeness (QED) is 0.903. The van der Waals surface area contributed by atoms with Gasteiger partial charge in [-0.1, -0.05) is 6.07 Å². The lowest BCUT2D eigenvalue weighted by atomic mass is 10.2. The van der Waals surface area contributed by atoms with E-state index in [0.29, 0.717) is 5.69 Å². The Bertz CT molecular complexity index is 654. The number of amides is 1. The van der Waals surface area contributed by atoms with Gasteiger partial charge in [0, 0.05) is 24.7 Å². The van der Waals surface area contributed by atoms with Gasteiger partial charge in [0.2, 0.25) is 5.91 Å². The number of benzene rings is 2. The number of hydrogen-bond acceptors (Lipinski definition) is 2. The van der Waals surface area contributed by atoms with Crippen LogP contribution in [0.15, 0.2) is 36.4 Å². The maximum Gasteiger partial charge on any atom is 0.221 e. The third kappa shape index (κ3) is 3.75. The van der Waals surface area contributed by atoms with Crippen molar-refractivity contribution >= 4 is 17.3 Å². The first-order valence-electron chi connectivity index (χ1n) is 6.21. The topological polar surface area (TPSA) is 41.1 Å². The van der Waals surface area contributed by atoms with Crippen LogP contribution in [0.4, 0.5) is 24.5 Å². The molecule has 3 nitrogen and oxygen atoms in total. The second kappa shape index (κ2) is 6.30. The Morgan fingerprint density at radius 3 is 2.33 bits per heavy atom. The van der Waals surface area contributed by atoms with Crippen LogP contribution in [0, 0.1) is 17.5 Å². The minimum Gasteiger partial charge on any atom is -0.381 e. The number of carbonyl (C=O) groups is 1. The van der Waals surface area contributed by atoms with E-state index in [4.69, 9.17) is 0 Å². The number of anilines is 2. The molecule has 0 spiro atoms. The van der Waals surface area contributed by atoms with Crippen molar-refractivity contribution in [2.75, 3.05) is 10.6 Å². The average molecular weight is 294 g/mol. The lowest BCUT2D eigenvalue weighted by Gasteiger charge is -2.11. The molecule has 0 saturated heterocycles. The monoisotopic (exact) mass is 294 g/mol. The Morgan fingerprint density at radius 1 is 1.05 bits per heavy atom. The molecule has 0 bridgehead atoms. The molecule has 0 aliphatic carbocycles. The van der Waals surface area contributed by atoms with Gasteiger partial charge in [0.25, 0.3) is 0 Å². The second-order valence-corrected chi connectivity index (χ2v) is 4.43. The van der Waals surface area contributed by atoms with Crippen LogP contribution in [-0.4, -0.2) is 5.91 Å². The van der Waals surface area contributed by atoms with Crippen LogP contribution in [0.3, 0.4) is 0 Å². The Kier molecular flexibility index (Phi) is 4.47. The van der Waals surface area contributed by atoms with Crippen molar-refractivity contribution in [3.05, 3.63) is 59.4 Å². The zero-order valence-corrected chi connectivity index (χ0v) is 11.2. The van der Waals surface area contributed by atoms with Crippen molar-refractivity contribution in [3.8, 4) is 0 Å². The number of nitrogens with one attached hydrogen (secondary N) is 2. The molecule has 2 aromatic rings. The molecule has 2 N–H and O–H groups in total. The Morgan fingerprint density at radius 2 is 1.71 bits per heavy atom. The van der Waals surface area contributed by atoms with Crippen LogP contribution >= 0.6 is 0 Å². The van der Waals surface area contributed by atoms with Crippen LogP contribution in [0.5, 0.6) is 0 Å². The first-order chi connectivity index (χ1) is 9.97. The van der Waals surface area contributed by atoms with Gasteiger partial charge in [-0.05, 0) is 30.3 Å². The van der Waals surface area contributed by atoms with Crippen molar-refractivity contribution in [1.82, 2.24) is 0 Å². The summed E-state index contributed by atoms with van der Waals surface area (Å²) in [6.45, 7) is 1.16. The third-order valence-corrected chi connectivity index (χ3v) is 2.81. The summed E-state index contributed by atoms with van der Waals surface area (Å²) in [5, 5.41) is 5.12. The van der Waals surface area contributed by atoms with Gasteiger partial charge in [-0.3, -0.25) is 4.79 Å². The Balaban J connectivity index is 2.15. The lowest BCUT2D eigenvalue weighted by molar-refractivity contribution is -0.114. The molecule has 0 unspecified atom stereocenters. The van der Waals surface area contributed by atoms with Gasteiger partial charge >= 0.3 is 0 Å². The van der Waals surface area contributed by atoms with E-state index in [9.17, 15) is 18.0 Å². The molecule has 110 valence electrons. The standard InChI is InChI=1S/C15H13F3N2O/c1-9(21)20-15-7-10(5-6-14(15)18)19-8-11-12(16)3-2-4-13(11)17/h2-7,19H,8H2,1H3,(H,20,21). The summed E-state index contributed by atoms with van der Waals surface area (Å²) in [7, 11) is 0. The predicted octanol–water partition coefficient (Wildman–Crippen LogP) is 3.67. The fraction of sp³-hybridized carbons (Fsp3) is 0.133. The van der Waals surface area contributed by atoms with Crippen LogP contribution in [0.25, 0.3) is 0 Å². The summed E-state index contributed by atoms with van der Waals surface area (Å²) < 4.78 is 40.4. The fourth-order valence-corrected chi connectivity index (χ4v) is 1.81. The first kappa shape index (κ1) is 14.9. The Labute approximate surface area is 119 Å². The minimum absolute atomic E-state index is 0.00139. The molecule has 0 aliphatic heterocycles. The highest BCUT2D eigenvalue weighted by atomic mass is 19.1. The third-order valence-electron chi connectivity index (χ3n) is 2.81. The van der Waals surface area contributed by atoms with E-state index in [1.54, 1.807) is 0 Å². The summed E-state index contributed by atoms with van der Waals surface area (Å²) in [6.07, 6.45) is 0. The van der Waals surface area contributed by atoms with Crippen LogP contribution in [0.2, 0.25) is 0 Å². The number of halogens is 3. The van der Waals surface area contributed by atoms with Gasteiger partial charge in [0.1, 0.15) is 17.5 Å². The van der Waals surface area contributed by atoms with Gasteiger partial charge in [-0.25, -0.2) is 13.2 Å². The van der Waals surface area contributed by atoms with E-state index in [-0.39, 0.29) is 17.8 Å². The van der Waals surface area contributed by atoms with E-state index in [2.05, 4.69) is 10.6 Å². The van der Waals surface area contributed by atoms with E-state index in [1.807, 2.05) is 0 Å². The second-order valence-electron chi connectivity index (χ2n) is 4.43. The molecular formula is C15H13F3N2O. The lowest BCUT2D eigenvalue weighted by Crippen LogP contribution is -2.09. The predicted molar refractivity (Wildman–Crippen MR) is 74.4 cm³/mol. The molecule has 0 aliphatic rings. The molecule has 0 saturated carbocycles. The van der Waals surface area contributed by atoms with Crippen LogP contribution in [-0.2, 0) is 11.3 Å². The van der Waals surface area contributed by atoms with Gasteiger partial charge in [-0.2, -0.15) is 0 Å². The Hall–Kier alpha value is -2.50. The number of carbonyl (C=O) groups excluding carboxylic acids is 1. The summed E-state index contributed by atoms with van der Waals surface area (Å²) in [5.41, 5.74) is 0.326. The molecule has 0 atom stereocenters. The van der Waals surface area contributed by atoms with Gasteiger partial charge < -0.3 is 10.6 Å². The van der Waals surface area contributed by atoms with Gasteiger partial charge in [-0.15, -0.1) is 0 Å². The molecule has 2 aromatic carbocycles. The van der Waals surface area contributed by atoms with E-state index < -0.39 is 23.4 Å². The summed E-state index contributed by atoms with van der Waals surface area (Å²) in [5.74, 6) is -2.32. The molecule has 0 radical (unpaired) electrons. The summed E-state index contributed by atoms with van der Waals surface area (Å²) in [6, 6.07) is 7.53. The van der Waals surface area contributed by atoms with Crippen LogP contribution < -0.4 is 10.6 Å².